The number of hydrogen-bond donors (Lipinski definition) is 3. The van der Waals surface area contributed by atoms with Crippen LogP contribution in [0.1, 0.15) is 11.4 Å². The van der Waals surface area contributed by atoms with Crippen LogP contribution in [-0.4, -0.2) is 26.2 Å². The molecule has 2 aromatic rings. The zero-order valence-electron chi connectivity index (χ0n) is 10.3. The Hall–Kier alpha value is -1.51. The summed E-state index contributed by atoms with van der Waals surface area (Å²) in [6, 6.07) is 5.04. The third kappa shape index (κ3) is 4.26. The number of hydrogen-bond acceptors (Lipinski definition) is 6. The number of aryl methyl sites for hydroxylation is 1. The molecule has 1 aromatic carbocycles. The van der Waals surface area contributed by atoms with Gasteiger partial charge in [-0.2, -0.15) is 5.10 Å². The van der Waals surface area contributed by atoms with Crippen molar-refractivity contribution in [3.63, 3.8) is 0 Å². The van der Waals surface area contributed by atoms with E-state index < -0.39 is 0 Å². The molecule has 2 rings (SSSR count). The fraction of sp³-hybridized carbons (Fsp3) is 0.100. The van der Waals surface area contributed by atoms with Gasteiger partial charge in [0.25, 0.3) is 5.95 Å². The van der Waals surface area contributed by atoms with Crippen LogP contribution in [0, 0.1) is 6.92 Å². The summed E-state index contributed by atoms with van der Waals surface area (Å²) in [5.41, 5.74) is 3.20. The number of aromatic nitrogens is 3. The Morgan fingerprint density at radius 2 is 2.10 bits per heavy atom. The maximum absolute atomic E-state index is 9.59. The van der Waals surface area contributed by atoms with E-state index in [0.717, 1.165) is 4.47 Å². The van der Waals surface area contributed by atoms with Crippen molar-refractivity contribution < 1.29 is 5.11 Å². The third-order valence-corrected chi connectivity index (χ3v) is 2.72. The smallest absolute Gasteiger partial charge is 0.263 e. The number of phenolic OH excluding ortho intramolecular Hbond substituents is 1. The Morgan fingerprint density at radius 3 is 2.70 bits per heavy atom. The Morgan fingerprint density at radius 1 is 1.40 bits per heavy atom. The van der Waals surface area contributed by atoms with Gasteiger partial charge in [-0.3, -0.25) is 0 Å². The van der Waals surface area contributed by atoms with Crippen molar-refractivity contribution in [2.75, 3.05) is 11.3 Å². The highest BCUT2D eigenvalue weighted by Crippen LogP contribution is 2.20. The molecule has 0 fully saturated rings. The van der Waals surface area contributed by atoms with Gasteiger partial charge in [-0.25, -0.2) is 10.1 Å². The first kappa shape index (κ1) is 18.5. The number of hydrazone groups is 1. The summed E-state index contributed by atoms with van der Waals surface area (Å²) >= 11 is 3.31. The quantitative estimate of drug-likeness (QED) is 0.427. The molecule has 0 aliphatic heterocycles. The molecule has 1 aromatic heterocycles. The zero-order valence-corrected chi connectivity index (χ0v) is 13.5. The molecule has 0 saturated carbocycles. The molecule has 0 atom stereocenters. The second kappa shape index (κ2) is 7.93. The molecular formula is C10H13BrCl2N6O. The molecule has 0 aliphatic rings. The van der Waals surface area contributed by atoms with Gasteiger partial charge in [-0.1, -0.05) is 15.9 Å². The van der Waals surface area contributed by atoms with Gasteiger partial charge in [0, 0.05) is 10.0 Å². The fourth-order valence-corrected chi connectivity index (χ4v) is 1.61. The van der Waals surface area contributed by atoms with Crippen molar-refractivity contribution >= 4 is 52.9 Å². The Kier molecular flexibility index (Phi) is 7.33. The lowest BCUT2D eigenvalue weighted by Gasteiger charge is -2.01. The van der Waals surface area contributed by atoms with E-state index >= 15 is 0 Å². The molecule has 0 aliphatic carbocycles. The van der Waals surface area contributed by atoms with E-state index in [4.69, 9.17) is 5.84 Å². The number of halogens is 3. The van der Waals surface area contributed by atoms with E-state index in [9.17, 15) is 5.11 Å². The minimum atomic E-state index is 0. The highest BCUT2D eigenvalue weighted by molar-refractivity contribution is 9.10. The second-order valence-electron chi connectivity index (χ2n) is 3.51. The maximum atomic E-state index is 9.59. The summed E-state index contributed by atoms with van der Waals surface area (Å²) in [7, 11) is 0. The van der Waals surface area contributed by atoms with Gasteiger partial charge in [0.15, 0.2) is 5.82 Å². The summed E-state index contributed by atoms with van der Waals surface area (Å²) in [5.74, 6) is 6.65. The largest absolute Gasteiger partial charge is 0.507 e. The first-order valence-electron chi connectivity index (χ1n) is 5.02. The lowest BCUT2D eigenvalue weighted by atomic mass is 10.2. The minimum absolute atomic E-state index is 0. The summed E-state index contributed by atoms with van der Waals surface area (Å²) in [6.45, 7) is 1.72. The average molecular weight is 384 g/mol. The van der Waals surface area contributed by atoms with Crippen molar-refractivity contribution in [2.45, 2.75) is 6.92 Å². The number of nitrogens with two attached hydrogens (primary N) is 1. The van der Waals surface area contributed by atoms with Gasteiger partial charge in [-0.05, 0) is 25.1 Å². The monoisotopic (exact) mass is 382 g/mol. The van der Waals surface area contributed by atoms with E-state index in [1.807, 2.05) is 0 Å². The van der Waals surface area contributed by atoms with E-state index in [-0.39, 0.29) is 30.6 Å². The third-order valence-electron chi connectivity index (χ3n) is 2.22. The van der Waals surface area contributed by atoms with Crippen LogP contribution in [-0.2, 0) is 0 Å². The minimum Gasteiger partial charge on any atom is -0.507 e. The zero-order chi connectivity index (χ0) is 13.1. The summed E-state index contributed by atoms with van der Waals surface area (Å²) in [6.07, 6.45) is 1.46. The molecule has 0 radical (unpaired) electrons. The Labute approximate surface area is 136 Å². The summed E-state index contributed by atoms with van der Waals surface area (Å²) < 4.78 is 2.12. The lowest BCUT2D eigenvalue weighted by Crippen LogP contribution is -2.13. The molecule has 0 bridgehead atoms. The van der Waals surface area contributed by atoms with Crippen LogP contribution in [0.2, 0.25) is 0 Å². The summed E-state index contributed by atoms with van der Waals surface area (Å²) in [5, 5.41) is 21.1. The molecule has 0 amide bonds. The lowest BCUT2D eigenvalue weighted by molar-refractivity contribution is 0.474. The standard InChI is InChI=1S/C10H11BrN6O.2ClH/c1-6-14-16-10(17(6)12)15-13-5-7-4-8(11)2-3-9(7)18;;/h2-5,18H,12H2,1H3,(H,15,16);2*1H/b13-5+;;. The number of nitrogens with one attached hydrogen (secondary N) is 1. The number of nitrogens with zero attached hydrogens (tertiary/aromatic N) is 4. The molecule has 10 heteroatoms. The Bertz CT molecular complexity index is 603. The normalized spacial score (nSPS) is 9.90. The van der Waals surface area contributed by atoms with Crippen molar-refractivity contribution in [2.24, 2.45) is 5.10 Å². The molecule has 110 valence electrons. The van der Waals surface area contributed by atoms with Crippen LogP contribution in [0.3, 0.4) is 0 Å². The number of aromatic hydroxyl groups is 1. The number of phenols is 1. The predicted molar refractivity (Wildman–Crippen MR) is 86.4 cm³/mol. The van der Waals surface area contributed by atoms with Gasteiger partial charge in [-0.15, -0.1) is 35.0 Å². The number of rotatable bonds is 3. The molecule has 7 nitrogen and oxygen atoms in total. The fourth-order valence-electron chi connectivity index (χ4n) is 1.23. The van der Waals surface area contributed by atoms with Gasteiger partial charge >= 0.3 is 0 Å². The van der Waals surface area contributed by atoms with Crippen LogP contribution in [0.25, 0.3) is 0 Å². The average Bonchev–Trinajstić information content (AvgIpc) is 2.65. The van der Waals surface area contributed by atoms with E-state index in [2.05, 4.69) is 36.7 Å². The van der Waals surface area contributed by atoms with Crippen LogP contribution in [0.15, 0.2) is 27.8 Å². The Balaban J connectivity index is 0.00000180. The van der Waals surface area contributed by atoms with Crippen molar-refractivity contribution in [3.05, 3.63) is 34.1 Å². The maximum Gasteiger partial charge on any atom is 0.263 e. The molecule has 0 unspecified atom stereocenters. The molecule has 1 heterocycles. The topological polar surface area (TPSA) is 101 Å². The molecule has 4 N–H and O–H groups in total. The van der Waals surface area contributed by atoms with Crippen molar-refractivity contribution in [1.29, 1.82) is 0 Å². The molecule has 0 spiro atoms. The SMILES string of the molecule is Cc1nnc(N/N=C/c2cc(Br)ccc2O)n1N.Cl.Cl. The summed E-state index contributed by atoms with van der Waals surface area (Å²) in [4.78, 5) is 0. The highest BCUT2D eigenvalue weighted by Gasteiger charge is 2.03. The molecule has 20 heavy (non-hydrogen) atoms. The molecule has 0 saturated heterocycles. The van der Waals surface area contributed by atoms with Gasteiger partial charge in [0.05, 0.1) is 6.21 Å². The number of nitrogen functional groups attached to an aromatic ring is 1. The van der Waals surface area contributed by atoms with E-state index in [1.54, 1.807) is 25.1 Å². The van der Waals surface area contributed by atoms with Crippen LogP contribution >= 0.6 is 40.7 Å². The second-order valence-corrected chi connectivity index (χ2v) is 4.43. The van der Waals surface area contributed by atoms with Crippen LogP contribution in [0.5, 0.6) is 5.75 Å². The van der Waals surface area contributed by atoms with Gasteiger partial charge < -0.3 is 10.9 Å². The number of benzene rings is 1. The first-order chi connectivity index (χ1) is 8.58. The predicted octanol–water partition coefficient (Wildman–Crippen LogP) is 2.06. The highest BCUT2D eigenvalue weighted by atomic mass is 79.9. The van der Waals surface area contributed by atoms with E-state index in [0.29, 0.717) is 17.3 Å². The van der Waals surface area contributed by atoms with Crippen molar-refractivity contribution in [1.82, 2.24) is 14.9 Å². The molecular weight excluding hydrogens is 371 g/mol. The first-order valence-corrected chi connectivity index (χ1v) is 5.82. The van der Waals surface area contributed by atoms with E-state index in [1.165, 1.54) is 10.9 Å². The van der Waals surface area contributed by atoms with Crippen LogP contribution < -0.4 is 11.3 Å². The van der Waals surface area contributed by atoms with Crippen LogP contribution in [0.4, 0.5) is 5.95 Å². The van der Waals surface area contributed by atoms with Crippen molar-refractivity contribution in [3.8, 4) is 5.75 Å². The number of anilines is 1. The van der Waals surface area contributed by atoms with Gasteiger partial charge in [0.2, 0.25) is 0 Å². The van der Waals surface area contributed by atoms with Gasteiger partial charge in [0.1, 0.15) is 5.75 Å².